The van der Waals surface area contributed by atoms with Crippen molar-refractivity contribution in [3.63, 3.8) is 0 Å². The van der Waals surface area contributed by atoms with Crippen molar-refractivity contribution in [2.24, 2.45) is 0 Å². The molecule has 1 N–H and O–H groups in total. The number of methoxy groups -OCH3 is 1. The molecule has 130 valence electrons. The van der Waals surface area contributed by atoms with Gasteiger partial charge in [0.15, 0.2) is 0 Å². The van der Waals surface area contributed by atoms with Crippen molar-refractivity contribution in [1.82, 2.24) is 24.9 Å². The molecule has 0 saturated heterocycles. The maximum Gasteiger partial charge on any atom is 0.291 e. The third-order valence-electron chi connectivity index (χ3n) is 3.94. The minimum Gasteiger partial charge on any atom is -0.496 e. The van der Waals surface area contributed by atoms with E-state index >= 15 is 0 Å². The summed E-state index contributed by atoms with van der Waals surface area (Å²) in [5, 5.41) is 7.09. The van der Waals surface area contributed by atoms with Gasteiger partial charge in [-0.3, -0.25) is 4.79 Å². The van der Waals surface area contributed by atoms with Gasteiger partial charge in [-0.2, -0.15) is 4.98 Å². The van der Waals surface area contributed by atoms with Gasteiger partial charge in [-0.25, -0.2) is 9.50 Å². The van der Waals surface area contributed by atoms with Crippen molar-refractivity contribution in [3.05, 3.63) is 52.6 Å². The van der Waals surface area contributed by atoms with E-state index in [1.165, 1.54) is 0 Å². The van der Waals surface area contributed by atoms with Gasteiger partial charge in [0.05, 0.1) is 7.11 Å². The Morgan fingerprint density at radius 1 is 1.20 bits per heavy atom. The number of hydrogen-bond acceptors (Lipinski definition) is 5. The third kappa shape index (κ3) is 3.60. The number of rotatable bonds is 5. The second-order valence-electron chi connectivity index (χ2n) is 6.01. The summed E-state index contributed by atoms with van der Waals surface area (Å²) in [6.07, 6.45) is 0.667. The average Bonchev–Trinajstić information content (AvgIpc) is 2.99. The first kappa shape index (κ1) is 16.9. The Morgan fingerprint density at radius 2 is 2.00 bits per heavy atom. The van der Waals surface area contributed by atoms with Crippen LogP contribution in [-0.2, 0) is 6.42 Å². The van der Waals surface area contributed by atoms with Crippen LogP contribution in [0.15, 0.2) is 24.3 Å². The number of nitrogens with one attached hydrogen (secondary N) is 1. The van der Waals surface area contributed by atoms with E-state index in [1.807, 2.05) is 39.0 Å². The molecular formula is C18H21N5O2. The number of nitrogens with zero attached hydrogens (tertiary/aromatic N) is 4. The SMILES string of the molecule is COc1ccc(C)cc1CCNC(=O)c1nc2nc(C)cc(C)n2n1. The molecule has 7 nitrogen and oxygen atoms in total. The molecule has 0 aliphatic carbocycles. The van der Waals surface area contributed by atoms with Crippen LogP contribution in [-0.4, -0.2) is 39.1 Å². The van der Waals surface area contributed by atoms with Gasteiger partial charge in [-0.05, 0) is 44.9 Å². The van der Waals surface area contributed by atoms with E-state index < -0.39 is 0 Å². The first-order chi connectivity index (χ1) is 12.0. The molecule has 1 aromatic carbocycles. The maximum atomic E-state index is 12.3. The lowest BCUT2D eigenvalue weighted by molar-refractivity contribution is 0.0944. The molecule has 0 atom stereocenters. The number of carbonyl (C=O) groups excluding carboxylic acids is 1. The van der Waals surface area contributed by atoms with E-state index in [0.29, 0.717) is 18.7 Å². The predicted octanol–water partition coefficient (Wildman–Crippen LogP) is 2.03. The van der Waals surface area contributed by atoms with Crippen LogP contribution >= 0.6 is 0 Å². The van der Waals surface area contributed by atoms with Gasteiger partial charge >= 0.3 is 0 Å². The smallest absolute Gasteiger partial charge is 0.291 e. The summed E-state index contributed by atoms with van der Waals surface area (Å²) >= 11 is 0. The van der Waals surface area contributed by atoms with Gasteiger partial charge in [-0.15, -0.1) is 5.10 Å². The van der Waals surface area contributed by atoms with E-state index in [4.69, 9.17) is 4.74 Å². The van der Waals surface area contributed by atoms with Gasteiger partial charge in [0, 0.05) is 17.9 Å². The van der Waals surface area contributed by atoms with E-state index in [-0.39, 0.29) is 11.7 Å². The fourth-order valence-corrected chi connectivity index (χ4v) is 2.75. The van der Waals surface area contributed by atoms with Crippen LogP contribution in [0.5, 0.6) is 5.75 Å². The standard InChI is InChI=1S/C18H21N5O2/c1-11-5-6-15(25-4)14(9-11)7-8-19-17(24)16-21-18-20-12(2)10-13(3)23(18)22-16/h5-6,9-10H,7-8H2,1-4H3,(H,19,24). The summed E-state index contributed by atoms with van der Waals surface area (Å²) in [5.74, 6) is 1.07. The van der Waals surface area contributed by atoms with E-state index in [1.54, 1.807) is 11.6 Å². The highest BCUT2D eigenvalue weighted by Gasteiger charge is 2.15. The maximum absolute atomic E-state index is 12.3. The van der Waals surface area contributed by atoms with Crippen molar-refractivity contribution in [2.75, 3.05) is 13.7 Å². The number of amides is 1. The summed E-state index contributed by atoms with van der Waals surface area (Å²) in [7, 11) is 1.64. The van der Waals surface area contributed by atoms with Crippen LogP contribution in [0.25, 0.3) is 5.78 Å². The van der Waals surface area contributed by atoms with E-state index in [2.05, 4.69) is 26.4 Å². The molecule has 1 amide bonds. The highest BCUT2D eigenvalue weighted by molar-refractivity contribution is 5.90. The third-order valence-corrected chi connectivity index (χ3v) is 3.94. The molecule has 7 heteroatoms. The monoisotopic (exact) mass is 339 g/mol. The number of aryl methyl sites for hydroxylation is 3. The number of ether oxygens (including phenoxy) is 1. The number of aromatic nitrogens is 4. The Balaban J connectivity index is 1.69. The van der Waals surface area contributed by atoms with Crippen molar-refractivity contribution in [1.29, 1.82) is 0 Å². The van der Waals surface area contributed by atoms with Crippen molar-refractivity contribution < 1.29 is 9.53 Å². The molecule has 2 aromatic heterocycles. The zero-order valence-corrected chi connectivity index (χ0v) is 14.8. The van der Waals surface area contributed by atoms with Crippen LogP contribution in [0.4, 0.5) is 0 Å². The van der Waals surface area contributed by atoms with Crippen LogP contribution in [0.2, 0.25) is 0 Å². The lowest BCUT2D eigenvalue weighted by Crippen LogP contribution is -2.27. The fraction of sp³-hybridized carbons (Fsp3) is 0.333. The number of benzene rings is 1. The number of hydrogen-bond donors (Lipinski definition) is 1. The lowest BCUT2D eigenvalue weighted by atomic mass is 10.1. The van der Waals surface area contributed by atoms with Gasteiger partial charge < -0.3 is 10.1 Å². The number of fused-ring (bicyclic) bond motifs is 1. The first-order valence-corrected chi connectivity index (χ1v) is 8.10. The minimum absolute atomic E-state index is 0.123. The lowest BCUT2D eigenvalue weighted by Gasteiger charge is -2.09. The first-order valence-electron chi connectivity index (χ1n) is 8.10. The molecule has 0 radical (unpaired) electrons. The molecule has 0 aliphatic rings. The summed E-state index contributed by atoms with van der Waals surface area (Å²) in [6.45, 7) is 6.29. The molecule has 0 aliphatic heterocycles. The molecule has 3 rings (SSSR count). The zero-order chi connectivity index (χ0) is 18.0. The van der Waals surface area contributed by atoms with Crippen LogP contribution in [0.1, 0.15) is 33.1 Å². The Labute approximate surface area is 146 Å². The Bertz CT molecular complexity index is 933. The second kappa shape index (κ2) is 6.88. The highest BCUT2D eigenvalue weighted by atomic mass is 16.5. The molecule has 25 heavy (non-hydrogen) atoms. The molecule has 0 spiro atoms. The second-order valence-corrected chi connectivity index (χ2v) is 6.01. The molecule has 3 aromatic rings. The van der Waals surface area contributed by atoms with Crippen molar-refractivity contribution >= 4 is 11.7 Å². The summed E-state index contributed by atoms with van der Waals surface area (Å²) in [6, 6.07) is 7.89. The molecule has 2 heterocycles. The van der Waals surface area contributed by atoms with E-state index in [0.717, 1.165) is 28.3 Å². The van der Waals surface area contributed by atoms with Gasteiger partial charge in [0.25, 0.3) is 11.7 Å². The normalized spacial score (nSPS) is 10.9. The Hall–Kier alpha value is -2.96. The van der Waals surface area contributed by atoms with Gasteiger partial charge in [0.1, 0.15) is 5.75 Å². The minimum atomic E-state index is -0.311. The molecule has 0 saturated carbocycles. The highest BCUT2D eigenvalue weighted by Crippen LogP contribution is 2.19. The summed E-state index contributed by atoms with van der Waals surface area (Å²) < 4.78 is 6.93. The van der Waals surface area contributed by atoms with Gasteiger partial charge in [-0.1, -0.05) is 17.7 Å². The Morgan fingerprint density at radius 3 is 2.76 bits per heavy atom. The molecule has 0 fully saturated rings. The van der Waals surface area contributed by atoms with Crippen molar-refractivity contribution in [2.45, 2.75) is 27.2 Å². The van der Waals surface area contributed by atoms with Crippen molar-refractivity contribution in [3.8, 4) is 5.75 Å². The quantitative estimate of drug-likeness (QED) is 0.769. The Kier molecular flexibility index (Phi) is 4.65. The van der Waals surface area contributed by atoms with E-state index in [9.17, 15) is 4.79 Å². The number of carbonyl (C=O) groups is 1. The molecule has 0 bridgehead atoms. The fourth-order valence-electron chi connectivity index (χ4n) is 2.75. The van der Waals surface area contributed by atoms with Crippen LogP contribution in [0, 0.1) is 20.8 Å². The summed E-state index contributed by atoms with van der Waals surface area (Å²) in [5.41, 5.74) is 3.94. The van der Waals surface area contributed by atoms with Crippen LogP contribution in [0.3, 0.4) is 0 Å². The summed E-state index contributed by atoms with van der Waals surface area (Å²) in [4.78, 5) is 20.8. The van der Waals surface area contributed by atoms with Crippen LogP contribution < -0.4 is 10.1 Å². The largest absolute Gasteiger partial charge is 0.496 e. The topological polar surface area (TPSA) is 81.4 Å². The molecule has 0 unspecified atom stereocenters. The van der Waals surface area contributed by atoms with Gasteiger partial charge in [0.2, 0.25) is 5.82 Å². The predicted molar refractivity (Wildman–Crippen MR) is 94.0 cm³/mol. The zero-order valence-electron chi connectivity index (χ0n) is 14.8. The average molecular weight is 339 g/mol. The molecular weight excluding hydrogens is 318 g/mol.